The maximum Gasteiger partial charge on any atom is 0.317 e. The number of carbonyl (C=O) groups excluding carboxylic acids is 1. The van der Waals surface area contributed by atoms with E-state index in [0.29, 0.717) is 23.9 Å². The van der Waals surface area contributed by atoms with Gasteiger partial charge in [-0.25, -0.2) is 14.8 Å². The van der Waals surface area contributed by atoms with Crippen LogP contribution in [0.4, 0.5) is 4.79 Å². The van der Waals surface area contributed by atoms with Crippen LogP contribution in [0.3, 0.4) is 0 Å². The van der Waals surface area contributed by atoms with Crippen LogP contribution in [-0.2, 0) is 6.54 Å². The summed E-state index contributed by atoms with van der Waals surface area (Å²) in [6.07, 6.45) is 4.77. The summed E-state index contributed by atoms with van der Waals surface area (Å²) in [5.41, 5.74) is 0.597. The van der Waals surface area contributed by atoms with Crippen LogP contribution in [0.25, 0.3) is 11.5 Å². The number of carbonyl (C=O) groups is 1. The fourth-order valence-electron chi connectivity index (χ4n) is 1.94. The molecule has 0 bridgehead atoms. The van der Waals surface area contributed by atoms with Gasteiger partial charge in [-0.1, -0.05) is 0 Å². The molecule has 0 aliphatic carbocycles. The SMILES string of the molecule is O=C(NCc1nc(-c2cnccn2)n[nH]1)N1CCSCC1. The highest BCUT2D eigenvalue weighted by atomic mass is 32.2. The standard InChI is InChI=1S/C12H15N7OS/c20-12(19-3-5-21-6-4-19)15-8-10-16-11(18-17-10)9-7-13-1-2-14-9/h1-2,7H,3-6,8H2,(H,15,20)(H,16,17,18). The average molecular weight is 305 g/mol. The zero-order chi connectivity index (χ0) is 14.5. The third-order valence-corrected chi connectivity index (χ3v) is 3.97. The summed E-state index contributed by atoms with van der Waals surface area (Å²) in [5, 5.41) is 9.71. The number of hydrogen-bond acceptors (Lipinski definition) is 6. The molecule has 0 atom stereocenters. The summed E-state index contributed by atoms with van der Waals surface area (Å²) in [6, 6.07) is -0.0623. The smallest absolute Gasteiger partial charge is 0.317 e. The van der Waals surface area contributed by atoms with Crippen LogP contribution >= 0.6 is 11.8 Å². The molecule has 0 radical (unpaired) electrons. The minimum atomic E-state index is -0.0623. The van der Waals surface area contributed by atoms with Crippen molar-refractivity contribution in [3.8, 4) is 11.5 Å². The van der Waals surface area contributed by atoms with Crippen LogP contribution in [0.1, 0.15) is 5.82 Å². The van der Waals surface area contributed by atoms with Crippen molar-refractivity contribution >= 4 is 17.8 Å². The Balaban J connectivity index is 1.56. The van der Waals surface area contributed by atoms with Crippen LogP contribution in [-0.4, -0.2) is 60.7 Å². The molecule has 3 heterocycles. The van der Waals surface area contributed by atoms with Crippen LogP contribution in [0, 0.1) is 0 Å². The summed E-state index contributed by atoms with van der Waals surface area (Å²) in [5.74, 6) is 3.05. The Bertz CT molecular complexity index is 597. The van der Waals surface area contributed by atoms with Gasteiger partial charge in [0.2, 0.25) is 5.82 Å². The van der Waals surface area contributed by atoms with Crippen molar-refractivity contribution in [2.24, 2.45) is 0 Å². The Morgan fingerprint density at radius 2 is 2.24 bits per heavy atom. The predicted octanol–water partition coefficient (Wildman–Crippen LogP) is 0.520. The van der Waals surface area contributed by atoms with Crippen molar-refractivity contribution in [2.45, 2.75) is 6.54 Å². The molecule has 8 nitrogen and oxygen atoms in total. The Kier molecular flexibility index (Phi) is 4.29. The quantitative estimate of drug-likeness (QED) is 0.857. The zero-order valence-electron chi connectivity index (χ0n) is 11.3. The Morgan fingerprint density at radius 1 is 1.38 bits per heavy atom. The van der Waals surface area contributed by atoms with Gasteiger partial charge in [0.15, 0.2) is 0 Å². The molecule has 2 N–H and O–H groups in total. The molecule has 0 saturated carbocycles. The lowest BCUT2D eigenvalue weighted by Crippen LogP contribution is -2.44. The molecule has 110 valence electrons. The highest BCUT2D eigenvalue weighted by Gasteiger charge is 2.16. The fraction of sp³-hybridized carbons (Fsp3) is 0.417. The highest BCUT2D eigenvalue weighted by molar-refractivity contribution is 7.99. The van der Waals surface area contributed by atoms with Crippen molar-refractivity contribution in [3.63, 3.8) is 0 Å². The number of aromatic nitrogens is 5. The second-order valence-corrected chi connectivity index (χ2v) is 5.68. The molecular weight excluding hydrogens is 290 g/mol. The lowest BCUT2D eigenvalue weighted by molar-refractivity contribution is 0.202. The van der Waals surface area contributed by atoms with Crippen molar-refractivity contribution in [1.29, 1.82) is 0 Å². The fourth-order valence-corrected chi connectivity index (χ4v) is 2.84. The maximum atomic E-state index is 12.0. The first-order chi connectivity index (χ1) is 10.3. The molecule has 1 aliphatic heterocycles. The van der Waals surface area contributed by atoms with Crippen molar-refractivity contribution in [3.05, 3.63) is 24.4 Å². The first-order valence-electron chi connectivity index (χ1n) is 6.61. The number of urea groups is 1. The molecule has 0 spiro atoms. The third-order valence-electron chi connectivity index (χ3n) is 3.03. The van der Waals surface area contributed by atoms with Crippen molar-refractivity contribution < 1.29 is 4.79 Å². The summed E-state index contributed by atoms with van der Waals surface area (Å²) in [4.78, 5) is 26.2. The van der Waals surface area contributed by atoms with Crippen LogP contribution < -0.4 is 5.32 Å². The topological polar surface area (TPSA) is 99.7 Å². The van der Waals surface area contributed by atoms with E-state index in [2.05, 4.69) is 30.5 Å². The van der Waals surface area contributed by atoms with Gasteiger partial charge in [0.1, 0.15) is 11.5 Å². The Hall–Kier alpha value is -2.16. The van der Waals surface area contributed by atoms with E-state index in [1.165, 1.54) is 0 Å². The van der Waals surface area contributed by atoms with Gasteiger partial charge < -0.3 is 10.2 Å². The average Bonchev–Trinajstić information content (AvgIpc) is 3.03. The minimum Gasteiger partial charge on any atom is -0.331 e. The number of aromatic amines is 1. The normalized spacial score (nSPS) is 15.0. The second kappa shape index (κ2) is 6.53. The van der Waals surface area contributed by atoms with Crippen molar-refractivity contribution in [2.75, 3.05) is 24.6 Å². The van der Waals surface area contributed by atoms with E-state index in [1.54, 1.807) is 18.6 Å². The lowest BCUT2D eigenvalue weighted by atomic mass is 10.4. The van der Waals surface area contributed by atoms with E-state index in [-0.39, 0.29) is 6.03 Å². The lowest BCUT2D eigenvalue weighted by Gasteiger charge is -2.26. The maximum absolute atomic E-state index is 12.0. The summed E-state index contributed by atoms with van der Waals surface area (Å²) in [6.45, 7) is 1.89. The van der Waals surface area contributed by atoms with Gasteiger partial charge in [0.25, 0.3) is 0 Å². The predicted molar refractivity (Wildman–Crippen MR) is 78.5 cm³/mol. The van der Waals surface area contributed by atoms with E-state index < -0.39 is 0 Å². The number of nitrogens with one attached hydrogen (secondary N) is 2. The molecule has 2 aromatic rings. The van der Waals surface area contributed by atoms with Gasteiger partial charge in [-0.05, 0) is 0 Å². The van der Waals surface area contributed by atoms with E-state index in [0.717, 1.165) is 24.6 Å². The van der Waals surface area contributed by atoms with Gasteiger partial charge in [-0.2, -0.15) is 16.9 Å². The highest BCUT2D eigenvalue weighted by Crippen LogP contribution is 2.10. The van der Waals surface area contributed by atoms with Crippen LogP contribution in [0.15, 0.2) is 18.6 Å². The number of amides is 2. The minimum absolute atomic E-state index is 0.0623. The molecule has 21 heavy (non-hydrogen) atoms. The molecule has 3 rings (SSSR count). The molecule has 1 fully saturated rings. The van der Waals surface area contributed by atoms with Crippen LogP contribution in [0.2, 0.25) is 0 Å². The number of rotatable bonds is 3. The van der Waals surface area contributed by atoms with E-state index in [9.17, 15) is 4.79 Å². The molecule has 2 aromatic heterocycles. The van der Waals surface area contributed by atoms with Crippen LogP contribution in [0.5, 0.6) is 0 Å². The largest absolute Gasteiger partial charge is 0.331 e. The first-order valence-corrected chi connectivity index (χ1v) is 7.76. The van der Waals surface area contributed by atoms with E-state index in [1.807, 2.05) is 16.7 Å². The molecule has 0 aromatic carbocycles. The van der Waals surface area contributed by atoms with E-state index in [4.69, 9.17) is 0 Å². The molecule has 1 saturated heterocycles. The summed E-state index contributed by atoms with van der Waals surface area (Å²) < 4.78 is 0. The zero-order valence-corrected chi connectivity index (χ0v) is 12.1. The van der Waals surface area contributed by atoms with E-state index >= 15 is 0 Å². The van der Waals surface area contributed by atoms with Gasteiger partial charge in [-0.3, -0.25) is 10.1 Å². The van der Waals surface area contributed by atoms with Gasteiger partial charge in [-0.15, -0.1) is 0 Å². The Labute approximate surface area is 125 Å². The van der Waals surface area contributed by atoms with Crippen molar-refractivity contribution in [1.82, 2.24) is 35.4 Å². The molecule has 0 unspecified atom stereocenters. The number of H-pyrrole nitrogens is 1. The van der Waals surface area contributed by atoms with Gasteiger partial charge in [0.05, 0.1) is 12.7 Å². The first kappa shape index (κ1) is 13.8. The Morgan fingerprint density at radius 3 is 3.00 bits per heavy atom. The molecule has 2 amide bonds. The molecular formula is C12H15N7OS. The third kappa shape index (κ3) is 3.48. The summed E-state index contributed by atoms with van der Waals surface area (Å²) in [7, 11) is 0. The summed E-state index contributed by atoms with van der Waals surface area (Å²) >= 11 is 1.87. The number of nitrogens with zero attached hydrogens (tertiary/aromatic N) is 5. The van der Waals surface area contributed by atoms with Gasteiger partial charge in [0, 0.05) is 37.0 Å². The number of thioether (sulfide) groups is 1. The molecule has 1 aliphatic rings. The molecule has 9 heteroatoms. The second-order valence-electron chi connectivity index (χ2n) is 4.45. The monoisotopic (exact) mass is 305 g/mol. The van der Waals surface area contributed by atoms with Gasteiger partial charge >= 0.3 is 6.03 Å². The number of hydrogen-bond donors (Lipinski definition) is 2.